The molecule has 2 aliphatic heterocycles. The maximum Gasteiger partial charge on any atom is 0.417 e. The Bertz CT molecular complexity index is 1150. The van der Waals surface area contributed by atoms with Crippen LogP contribution in [-0.4, -0.2) is 61.0 Å². The lowest BCUT2D eigenvalue weighted by atomic mass is 10.1. The fraction of sp³-hybridized carbons (Fsp3) is 0.348. The zero-order valence-electron chi connectivity index (χ0n) is 18.4. The van der Waals surface area contributed by atoms with Crippen molar-refractivity contribution in [3.8, 4) is 11.3 Å². The molecule has 2 fully saturated rings. The first-order chi connectivity index (χ1) is 16.4. The van der Waals surface area contributed by atoms with Crippen molar-refractivity contribution in [2.45, 2.75) is 6.18 Å². The lowest BCUT2D eigenvalue weighted by Crippen LogP contribution is -2.37. The number of nitrogen functional groups attached to an aromatic ring is 1. The molecule has 0 saturated carbocycles. The highest BCUT2D eigenvalue weighted by atomic mass is 19.4. The first-order valence-electron chi connectivity index (χ1n) is 11.0. The number of nitrogens with two attached hydrogens (primary N) is 1. The largest absolute Gasteiger partial charge is 0.417 e. The van der Waals surface area contributed by atoms with Gasteiger partial charge in [-0.05, 0) is 18.2 Å². The molecule has 178 valence electrons. The maximum absolute atomic E-state index is 13.8. The molecule has 5 rings (SSSR count). The molecule has 2 saturated heterocycles. The molecule has 4 heterocycles. The van der Waals surface area contributed by atoms with Crippen LogP contribution in [0.15, 0.2) is 48.7 Å². The van der Waals surface area contributed by atoms with Crippen LogP contribution in [0.3, 0.4) is 0 Å². The molecular weight excluding hydrogens is 447 g/mol. The van der Waals surface area contributed by atoms with Crippen molar-refractivity contribution in [2.24, 2.45) is 0 Å². The van der Waals surface area contributed by atoms with E-state index < -0.39 is 11.7 Å². The Morgan fingerprint density at radius 1 is 0.882 bits per heavy atom. The maximum atomic E-state index is 13.8. The van der Waals surface area contributed by atoms with Gasteiger partial charge in [-0.15, -0.1) is 0 Å². The Morgan fingerprint density at radius 3 is 2.35 bits per heavy atom. The highest BCUT2D eigenvalue weighted by Gasteiger charge is 2.35. The van der Waals surface area contributed by atoms with Crippen molar-refractivity contribution in [1.29, 1.82) is 0 Å². The first kappa shape index (κ1) is 22.2. The number of rotatable bonds is 4. The Morgan fingerprint density at radius 2 is 1.62 bits per heavy atom. The quantitative estimate of drug-likeness (QED) is 0.621. The van der Waals surface area contributed by atoms with Crippen molar-refractivity contribution in [1.82, 2.24) is 15.0 Å². The van der Waals surface area contributed by atoms with Gasteiger partial charge in [0.2, 0.25) is 5.95 Å². The number of benzene rings is 1. The standard InChI is InChI=1S/C23H24F3N7O/c24-23(25,26)18-12-20(27)28-14-17(18)19-13-21(30-22(29-19)31-8-10-34-11-9-31)33-7-6-32(15-33)16-4-2-1-3-5-16/h1-5,12-14H,6-11,15H2,(H2,27,28). The summed E-state index contributed by atoms with van der Waals surface area (Å²) >= 11 is 0. The summed E-state index contributed by atoms with van der Waals surface area (Å²) in [4.78, 5) is 19.3. The van der Waals surface area contributed by atoms with Gasteiger partial charge in [-0.3, -0.25) is 0 Å². The number of anilines is 4. The number of ether oxygens (including phenoxy) is 1. The van der Waals surface area contributed by atoms with Gasteiger partial charge in [0, 0.05) is 49.7 Å². The lowest BCUT2D eigenvalue weighted by molar-refractivity contribution is -0.137. The number of hydrogen-bond acceptors (Lipinski definition) is 8. The van der Waals surface area contributed by atoms with Crippen LogP contribution in [-0.2, 0) is 10.9 Å². The molecule has 0 unspecified atom stereocenters. The van der Waals surface area contributed by atoms with Crippen molar-refractivity contribution >= 4 is 23.3 Å². The van der Waals surface area contributed by atoms with Crippen molar-refractivity contribution in [2.75, 3.05) is 66.5 Å². The minimum atomic E-state index is -4.60. The fourth-order valence-electron chi connectivity index (χ4n) is 4.16. The summed E-state index contributed by atoms with van der Waals surface area (Å²) in [7, 11) is 0. The molecule has 0 amide bonds. The summed E-state index contributed by atoms with van der Waals surface area (Å²) in [6.45, 7) is 4.15. The van der Waals surface area contributed by atoms with Gasteiger partial charge in [-0.25, -0.2) is 9.97 Å². The van der Waals surface area contributed by atoms with E-state index in [1.165, 1.54) is 0 Å². The predicted octanol–water partition coefficient (Wildman–Crippen LogP) is 3.26. The Hall–Kier alpha value is -3.60. The summed E-state index contributed by atoms with van der Waals surface area (Å²) in [6.07, 6.45) is -3.47. The summed E-state index contributed by atoms with van der Waals surface area (Å²) in [5.41, 5.74) is 5.81. The van der Waals surface area contributed by atoms with Crippen molar-refractivity contribution < 1.29 is 17.9 Å². The third-order valence-electron chi connectivity index (χ3n) is 5.93. The van der Waals surface area contributed by atoms with E-state index in [-0.39, 0.29) is 17.1 Å². The molecule has 0 bridgehead atoms. The molecule has 2 N–H and O–H groups in total. The molecule has 11 heteroatoms. The van der Waals surface area contributed by atoms with Crippen LogP contribution in [0.5, 0.6) is 0 Å². The van der Waals surface area contributed by atoms with Crippen LogP contribution < -0.4 is 20.4 Å². The Labute approximate surface area is 194 Å². The SMILES string of the molecule is Nc1cc(C(F)(F)F)c(-c2cc(N3CCN(c4ccccc4)C3)nc(N3CCOCC3)n2)cn1. The fourth-order valence-corrected chi connectivity index (χ4v) is 4.16. The number of halogens is 3. The molecule has 3 aromatic rings. The highest BCUT2D eigenvalue weighted by molar-refractivity contribution is 5.70. The van der Waals surface area contributed by atoms with Gasteiger partial charge in [-0.1, -0.05) is 18.2 Å². The topological polar surface area (TPSA) is 83.6 Å². The molecule has 1 aromatic carbocycles. The van der Waals surface area contributed by atoms with Gasteiger partial charge in [0.25, 0.3) is 0 Å². The van der Waals surface area contributed by atoms with E-state index in [9.17, 15) is 13.2 Å². The van der Waals surface area contributed by atoms with Crippen LogP contribution >= 0.6 is 0 Å². The summed E-state index contributed by atoms with van der Waals surface area (Å²) in [5, 5.41) is 0. The minimum Gasteiger partial charge on any atom is -0.384 e. The first-order valence-corrected chi connectivity index (χ1v) is 11.0. The van der Waals surface area contributed by atoms with Gasteiger partial charge in [-0.2, -0.15) is 18.2 Å². The lowest BCUT2D eigenvalue weighted by Gasteiger charge is -2.28. The summed E-state index contributed by atoms with van der Waals surface area (Å²) in [5.74, 6) is 0.741. The minimum absolute atomic E-state index is 0.126. The van der Waals surface area contributed by atoms with E-state index in [4.69, 9.17) is 15.5 Å². The van der Waals surface area contributed by atoms with Crippen LogP contribution in [0.1, 0.15) is 5.56 Å². The van der Waals surface area contributed by atoms with Gasteiger partial charge < -0.3 is 25.2 Å². The van der Waals surface area contributed by atoms with Crippen LogP contribution in [0.4, 0.5) is 36.4 Å². The normalized spacial score (nSPS) is 16.9. The van der Waals surface area contributed by atoms with E-state index in [1.54, 1.807) is 6.07 Å². The number of aromatic nitrogens is 3. The molecule has 34 heavy (non-hydrogen) atoms. The third kappa shape index (κ3) is 4.56. The second-order valence-corrected chi connectivity index (χ2v) is 8.17. The van der Waals surface area contributed by atoms with Crippen LogP contribution in [0.2, 0.25) is 0 Å². The number of hydrogen-bond donors (Lipinski definition) is 1. The number of alkyl halides is 3. The van der Waals surface area contributed by atoms with E-state index in [0.717, 1.165) is 24.5 Å². The van der Waals surface area contributed by atoms with Crippen molar-refractivity contribution in [3.05, 3.63) is 54.2 Å². The smallest absolute Gasteiger partial charge is 0.384 e. The highest BCUT2D eigenvalue weighted by Crippen LogP contribution is 2.38. The Kier molecular flexibility index (Phi) is 5.86. The second-order valence-electron chi connectivity index (χ2n) is 8.17. The predicted molar refractivity (Wildman–Crippen MR) is 124 cm³/mol. The molecule has 0 spiro atoms. The third-order valence-corrected chi connectivity index (χ3v) is 5.93. The number of para-hydroxylation sites is 1. The molecule has 0 radical (unpaired) electrons. The monoisotopic (exact) mass is 471 g/mol. The molecular formula is C23H24F3N7O. The van der Waals surface area contributed by atoms with Gasteiger partial charge in [0.05, 0.1) is 31.1 Å². The van der Waals surface area contributed by atoms with E-state index in [1.807, 2.05) is 40.1 Å². The van der Waals surface area contributed by atoms with Crippen LogP contribution in [0.25, 0.3) is 11.3 Å². The number of morpholine rings is 1. The molecule has 2 aromatic heterocycles. The zero-order chi connectivity index (χ0) is 23.7. The molecule has 2 aliphatic rings. The van der Waals surface area contributed by atoms with Gasteiger partial charge in [0.1, 0.15) is 11.6 Å². The number of nitrogens with zero attached hydrogens (tertiary/aromatic N) is 6. The Balaban J connectivity index is 1.55. The van der Waals surface area contributed by atoms with E-state index >= 15 is 0 Å². The average Bonchev–Trinajstić information content (AvgIpc) is 3.35. The van der Waals surface area contributed by atoms with Gasteiger partial charge >= 0.3 is 6.18 Å². The number of pyridine rings is 1. The molecule has 8 nitrogen and oxygen atoms in total. The van der Waals surface area contributed by atoms with E-state index in [2.05, 4.69) is 14.9 Å². The average molecular weight is 471 g/mol. The summed E-state index contributed by atoms with van der Waals surface area (Å²) in [6, 6.07) is 12.4. The summed E-state index contributed by atoms with van der Waals surface area (Å²) < 4.78 is 46.9. The van der Waals surface area contributed by atoms with Crippen molar-refractivity contribution in [3.63, 3.8) is 0 Å². The van der Waals surface area contributed by atoms with Gasteiger partial charge in [0.15, 0.2) is 0 Å². The van der Waals surface area contributed by atoms with E-state index in [0.29, 0.717) is 51.3 Å². The molecule has 0 aliphatic carbocycles. The van der Waals surface area contributed by atoms with Crippen LogP contribution in [0, 0.1) is 0 Å². The second kappa shape index (κ2) is 8.98. The zero-order valence-corrected chi connectivity index (χ0v) is 18.4. The molecule has 0 atom stereocenters.